The normalized spacial score (nSPS) is 12.2. The Morgan fingerprint density at radius 3 is 2.42 bits per heavy atom. The van der Waals surface area contributed by atoms with Gasteiger partial charge in [0.1, 0.15) is 0 Å². The van der Waals surface area contributed by atoms with E-state index in [0.717, 1.165) is 49.2 Å². The molecule has 19 heavy (non-hydrogen) atoms. The lowest BCUT2D eigenvalue weighted by Gasteiger charge is -2.12. The highest BCUT2D eigenvalue weighted by molar-refractivity contribution is 5.42. The number of aryl methyl sites for hydroxylation is 1. The maximum absolute atomic E-state index is 9.83. The van der Waals surface area contributed by atoms with E-state index in [4.69, 9.17) is 14.6 Å². The molecule has 108 valence electrons. The molecule has 0 radical (unpaired) electrons. The lowest BCUT2D eigenvalue weighted by molar-refractivity contribution is 0.148. The van der Waals surface area contributed by atoms with Crippen molar-refractivity contribution in [1.82, 2.24) is 0 Å². The predicted octanol–water partition coefficient (Wildman–Crippen LogP) is 2.16. The van der Waals surface area contributed by atoms with Gasteiger partial charge in [0.05, 0.1) is 20.3 Å². The Labute approximate surface area is 115 Å². The van der Waals surface area contributed by atoms with Crippen molar-refractivity contribution in [3.8, 4) is 11.5 Å². The number of hydrogen-bond donors (Lipinski definition) is 2. The van der Waals surface area contributed by atoms with Crippen LogP contribution in [0.25, 0.3) is 0 Å². The maximum Gasteiger partial charge on any atom is 0.160 e. The van der Waals surface area contributed by atoms with Crippen LogP contribution in [0, 0.1) is 0 Å². The molecule has 0 saturated carbocycles. The number of rotatable bonds is 9. The summed E-state index contributed by atoms with van der Waals surface area (Å²) in [5.41, 5.74) is 1.12. The zero-order valence-corrected chi connectivity index (χ0v) is 11.8. The lowest BCUT2D eigenvalue weighted by Crippen LogP contribution is -2.08. The van der Waals surface area contributed by atoms with E-state index in [9.17, 15) is 5.11 Å². The highest BCUT2D eigenvalue weighted by Gasteiger charge is 2.07. The van der Waals surface area contributed by atoms with Gasteiger partial charge in [-0.1, -0.05) is 6.07 Å². The number of methoxy groups -OCH3 is 2. The molecule has 0 aliphatic heterocycles. The first-order valence-electron chi connectivity index (χ1n) is 6.71. The van der Waals surface area contributed by atoms with Crippen molar-refractivity contribution in [2.24, 2.45) is 0 Å². The van der Waals surface area contributed by atoms with Gasteiger partial charge in [-0.3, -0.25) is 0 Å². The molecule has 0 heterocycles. The fourth-order valence-corrected chi connectivity index (χ4v) is 2.01. The SMILES string of the molecule is COc1ccc(CCC(O)CCCCO)cc1OC. The number of hydrogen-bond acceptors (Lipinski definition) is 4. The Kier molecular flexibility index (Phi) is 7.30. The van der Waals surface area contributed by atoms with Crippen LogP contribution < -0.4 is 9.47 Å². The van der Waals surface area contributed by atoms with Crippen LogP contribution in [0.4, 0.5) is 0 Å². The summed E-state index contributed by atoms with van der Waals surface area (Å²) in [6.07, 6.45) is 3.59. The largest absolute Gasteiger partial charge is 0.493 e. The third-order valence-corrected chi connectivity index (χ3v) is 3.16. The Hall–Kier alpha value is -1.26. The van der Waals surface area contributed by atoms with Crippen LogP contribution in [0.5, 0.6) is 11.5 Å². The fraction of sp³-hybridized carbons (Fsp3) is 0.600. The van der Waals surface area contributed by atoms with Crippen LogP contribution in [0.2, 0.25) is 0 Å². The van der Waals surface area contributed by atoms with Gasteiger partial charge in [0.25, 0.3) is 0 Å². The molecule has 1 unspecified atom stereocenters. The summed E-state index contributed by atoms with van der Waals surface area (Å²) in [7, 11) is 3.23. The Morgan fingerprint density at radius 2 is 1.79 bits per heavy atom. The Bertz CT molecular complexity index is 365. The minimum atomic E-state index is -0.306. The number of unbranched alkanes of at least 4 members (excludes halogenated alkanes) is 1. The molecule has 1 atom stereocenters. The predicted molar refractivity (Wildman–Crippen MR) is 74.8 cm³/mol. The van der Waals surface area contributed by atoms with Crippen LogP contribution in [0.15, 0.2) is 18.2 Å². The molecule has 0 aliphatic carbocycles. The quantitative estimate of drug-likeness (QED) is 0.674. The summed E-state index contributed by atoms with van der Waals surface area (Å²) < 4.78 is 10.4. The second-order valence-electron chi connectivity index (χ2n) is 4.60. The monoisotopic (exact) mass is 268 g/mol. The van der Waals surface area contributed by atoms with Crippen molar-refractivity contribution < 1.29 is 19.7 Å². The molecule has 0 saturated heterocycles. The summed E-state index contributed by atoms with van der Waals surface area (Å²) >= 11 is 0. The van der Waals surface area contributed by atoms with E-state index in [-0.39, 0.29) is 12.7 Å². The van der Waals surface area contributed by atoms with Crippen LogP contribution in [0.1, 0.15) is 31.2 Å². The van der Waals surface area contributed by atoms with Gasteiger partial charge in [0.15, 0.2) is 11.5 Å². The van der Waals surface area contributed by atoms with E-state index in [1.54, 1.807) is 14.2 Å². The third-order valence-electron chi connectivity index (χ3n) is 3.16. The smallest absolute Gasteiger partial charge is 0.160 e. The second kappa shape index (κ2) is 8.77. The molecule has 0 aliphatic rings. The first-order chi connectivity index (χ1) is 9.21. The average molecular weight is 268 g/mol. The molecule has 4 heteroatoms. The highest BCUT2D eigenvalue weighted by atomic mass is 16.5. The summed E-state index contributed by atoms with van der Waals surface area (Å²) in [4.78, 5) is 0. The van der Waals surface area contributed by atoms with Crippen molar-refractivity contribution in [1.29, 1.82) is 0 Å². The molecular formula is C15H24O4. The summed E-state index contributed by atoms with van der Waals surface area (Å²) in [5.74, 6) is 1.43. The molecule has 4 nitrogen and oxygen atoms in total. The van der Waals surface area contributed by atoms with E-state index in [1.807, 2.05) is 18.2 Å². The van der Waals surface area contributed by atoms with Gasteiger partial charge < -0.3 is 19.7 Å². The van der Waals surface area contributed by atoms with Crippen LogP contribution >= 0.6 is 0 Å². The van der Waals surface area contributed by atoms with Crippen molar-refractivity contribution >= 4 is 0 Å². The van der Waals surface area contributed by atoms with Crippen LogP contribution in [0.3, 0.4) is 0 Å². The lowest BCUT2D eigenvalue weighted by atomic mass is 10.0. The molecule has 0 amide bonds. The topological polar surface area (TPSA) is 58.9 Å². The average Bonchev–Trinajstić information content (AvgIpc) is 2.45. The molecule has 1 aromatic rings. The molecule has 0 spiro atoms. The van der Waals surface area contributed by atoms with Crippen molar-refractivity contribution in [2.45, 2.75) is 38.2 Å². The summed E-state index contributed by atoms with van der Waals surface area (Å²) in [5, 5.41) is 18.5. The van der Waals surface area contributed by atoms with E-state index in [1.165, 1.54) is 0 Å². The minimum Gasteiger partial charge on any atom is -0.493 e. The number of benzene rings is 1. The maximum atomic E-state index is 9.83. The van der Waals surface area contributed by atoms with E-state index in [0.29, 0.717) is 0 Å². The van der Waals surface area contributed by atoms with Crippen molar-refractivity contribution in [3.05, 3.63) is 23.8 Å². The molecule has 1 rings (SSSR count). The van der Waals surface area contributed by atoms with E-state index >= 15 is 0 Å². The van der Waals surface area contributed by atoms with E-state index < -0.39 is 0 Å². The first-order valence-corrected chi connectivity index (χ1v) is 6.71. The summed E-state index contributed by atoms with van der Waals surface area (Å²) in [6, 6.07) is 5.81. The minimum absolute atomic E-state index is 0.197. The molecule has 2 N–H and O–H groups in total. The van der Waals surface area contributed by atoms with Crippen molar-refractivity contribution in [3.63, 3.8) is 0 Å². The fourth-order valence-electron chi connectivity index (χ4n) is 2.01. The highest BCUT2D eigenvalue weighted by Crippen LogP contribution is 2.28. The van der Waals surface area contributed by atoms with Gasteiger partial charge in [-0.15, -0.1) is 0 Å². The zero-order valence-electron chi connectivity index (χ0n) is 11.8. The second-order valence-corrected chi connectivity index (χ2v) is 4.60. The third kappa shape index (κ3) is 5.49. The van der Waals surface area contributed by atoms with Gasteiger partial charge in [-0.05, 0) is 49.8 Å². The van der Waals surface area contributed by atoms with Gasteiger partial charge in [0.2, 0.25) is 0 Å². The van der Waals surface area contributed by atoms with Gasteiger partial charge in [-0.2, -0.15) is 0 Å². The molecular weight excluding hydrogens is 244 g/mol. The van der Waals surface area contributed by atoms with E-state index in [2.05, 4.69) is 0 Å². The number of aliphatic hydroxyl groups is 2. The van der Waals surface area contributed by atoms with Crippen molar-refractivity contribution in [2.75, 3.05) is 20.8 Å². The zero-order chi connectivity index (χ0) is 14.1. The van der Waals surface area contributed by atoms with Gasteiger partial charge in [-0.25, -0.2) is 0 Å². The van der Waals surface area contributed by atoms with Gasteiger partial charge >= 0.3 is 0 Å². The molecule has 0 bridgehead atoms. The standard InChI is InChI=1S/C15H24O4/c1-18-14-9-7-12(11-15(14)19-2)6-8-13(17)5-3-4-10-16/h7,9,11,13,16-17H,3-6,8,10H2,1-2H3. The Balaban J connectivity index is 2.44. The van der Waals surface area contributed by atoms with Crippen LogP contribution in [-0.4, -0.2) is 37.1 Å². The van der Waals surface area contributed by atoms with Gasteiger partial charge in [0, 0.05) is 6.61 Å². The number of ether oxygens (including phenoxy) is 2. The number of aliphatic hydroxyl groups excluding tert-OH is 2. The Morgan fingerprint density at radius 1 is 1.05 bits per heavy atom. The molecule has 0 aromatic heterocycles. The first kappa shape index (κ1) is 15.8. The summed E-state index contributed by atoms with van der Waals surface area (Å²) in [6.45, 7) is 0.197. The molecule has 0 fully saturated rings. The van der Waals surface area contributed by atoms with Crippen LogP contribution in [-0.2, 0) is 6.42 Å². The molecule has 1 aromatic carbocycles.